The molecule has 1 aliphatic rings. The molecule has 4 rings (SSSR count). The fourth-order valence-corrected chi connectivity index (χ4v) is 3.66. The zero-order chi connectivity index (χ0) is 17.9. The van der Waals surface area contributed by atoms with Gasteiger partial charge in [0.15, 0.2) is 0 Å². The van der Waals surface area contributed by atoms with Crippen LogP contribution in [0.2, 0.25) is 0 Å². The molecule has 2 heterocycles. The predicted octanol–water partition coefficient (Wildman–Crippen LogP) is 3.97. The molecule has 0 saturated heterocycles. The summed E-state index contributed by atoms with van der Waals surface area (Å²) in [6.45, 7) is 4.74. The number of aromatic nitrogens is 1. The number of fused-ring (bicyclic) bond motifs is 2. The zero-order valence-corrected chi connectivity index (χ0v) is 14.9. The first-order valence-corrected chi connectivity index (χ1v) is 9.10. The van der Waals surface area contributed by atoms with Crippen molar-refractivity contribution in [3.63, 3.8) is 0 Å². The summed E-state index contributed by atoms with van der Waals surface area (Å²) >= 11 is 0. The average molecular weight is 346 g/mol. The van der Waals surface area contributed by atoms with Gasteiger partial charge in [0.2, 0.25) is 0 Å². The summed E-state index contributed by atoms with van der Waals surface area (Å²) in [4.78, 5) is 19.9. The van der Waals surface area contributed by atoms with Crippen LogP contribution in [-0.4, -0.2) is 29.0 Å². The van der Waals surface area contributed by atoms with Crippen LogP contribution in [0.15, 0.2) is 54.6 Å². The van der Waals surface area contributed by atoms with E-state index in [1.165, 1.54) is 5.56 Å². The number of ether oxygens (including phenoxy) is 1. The number of hydrogen-bond acceptors (Lipinski definition) is 4. The first-order valence-electron chi connectivity index (χ1n) is 9.10. The quantitative estimate of drug-likeness (QED) is 0.671. The molecular formula is C22H22N2O2. The third-order valence-electron chi connectivity index (χ3n) is 4.85. The van der Waals surface area contributed by atoms with Crippen LogP contribution in [0.4, 0.5) is 0 Å². The highest BCUT2D eigenvalue weighted by molar-refractivity contribution is 6.05. The normalized spacial score (nSPS) is 14.2. The van der Waals surface area contributed by atoms with E-state index in [0.29, 0.717) is 12.2 Å². The molecule has 4 nitrogen and oxygen atoms in total. The average Bonchev–Trinajstić information content (AvgIpc) is 2.67. The number of para-hydroxylation sites is 1. The fraction of sp³-hybridized carbons (Fsp3) is 0.273. The van der Waals surface area contributed by atoms with Gasteiger partial charge in [-0.1, -0.05) is 48.5 Å². The molecule has 0 radical (unpaired) electrons. The minimum Gasteiger partial charge on any atom is -0.462 e. The van der Waals surface area contributed by atoms with Crippen LogP contribution < -0.4 is 0 Å². The SMILES string of the molecule is CCOC(=O)c1c2c(nc3ccccc13)CCN(Cc1ccccc1)C2. The lowest BCUT2D eigenvalue weighted by Crippen LogP contribution is -2.32. The molecule has 26 heavy (non-hydrogen) atoms. The summed E-state index contributed by atoms with van der Waals surface area (Å²) in [7, 11) is 0. The second kappa shape index (κ2) is 7.26. The van der Waals surface area contributed by atoms with Crippen LogP contribution in [0.1, 0.15) is 34.1 Å². The number of esters is 1. The molecule has 0 N–H and O–H groups in total. The first-order chi connectivity index (χ1) is 12.8. The third-order valence-corrected chi connectivity index (χ3v) is 4.85. The van der Waals surface area contributed by atoms with Crippen molar-refractivity contribution >= 4 is 16.9 Å². The molecule has 0 fully saturated rings. The minimum atomic E-state index is -0.246. The monoisotopic (exact) mass is 346 g/mol. The topological polar surface area (TPSA) is 42.4 Å². The van der Waals surface area contributed by atoms with Gasteiger partial charge in [0, 0.05) is 42.7 Å². The summed E-state index contributed by atoms with van der Waals surface area (Å²) in [5, 5.41) is 0.881. The molecule has 1 aromatic heterocycles. The number of pyridine rings is 1. The van der Waals surface area contributed by atoms with E-state index in [0.717, 1.165) is 48.2 Å². The molecule has 0 spiro atoms. The number of nitrogens with zero attached hydrogens (tertiary/aromatic N) is 2. The van der Waals surface area contributed by atoms with Crippen LogP contribution >= 0.6 is 0 Å². The van der Waals surface area contributed by atoms with E-state index in [9.17, 15) is 4.79 Å². The molecule has 0 atom stereocenters. The fourth-order valence-electron chi connectivity index (χ4n) is 3.66. The molecule has 2 aromatic carbocycles. The number of carbonyl (C=O) groups is 1. The lowest BCUT2D eigenvalue weighted by molar-refractivity contribution is 0.0525. The van der Waals surface area contributed by atoms with E-state index >= 15 is 0 Å². The molecule has 3 aromatic rings. The van der Waals surface area contributed by atoms with Gasteiger partial charge < -0.3 is 4.74 Å². The molecule has 0 aliphatic carbocycles. The van der Waals surface area contributed by atoms with Crippen LogP contribution in [0, 0.1) is 0 Å². The number of rotatable bonds is 4. The molecule has 0 unspecified atom stereocenters. The Hall–Kier alpha value is -2.72. The van der Waals surface area contributed by atoms with Gasteiger partial charge >= 0.3 is 5.97 Å². The van der Waals surface area contributed by atoms with Gasteiger partial charge in [-0.3, -0.25) is 9.88 Å². The van der Waals surface area contributed by atoms with Crippen molar-refractivity contribution in [3.05, 3.63) is 77.0 Å². The number of hydrogen-bond donors (Lipinski definition) is 0. The number of benzene rings is 2. The summed E-state index contributed by atoms with van der Waals surface area (Å²) in [5.74, 6) is -0.246. The van der Waals surface area contributed by atoms with Crippen molar-refractivity contribution in [1.29, 1.82) is 0 Å². The third kappa shape index (κ3) is 3.20. The summed E-state index contributed by atoms with van der Waals surface area (Å²) in [6, 6.07) is 18.3. The molecule has 0 amide bonds. The Labute approximate surface area is 153 Å². The Morgan fingerprint density at radius 2 is 1.88 bits per heavy atom. The second-order valence-electron chi connectivity index (χ2n) is 6.60. The van der Waals surface area contributed by atoms with E-state index in [2.05, 4.69) is 29.2 Å². The largest absolute Gasteiger partial charge is 0.462 e. The molecule has 4 heteroatoms. The maximum atomic E-state index is 12.7. The lowest BCUT2D eigenvalue weighted by atomic mass is 9.95. The summed E-state index contributed by atoms with van der Waals surface area (Å²) in [5.41, 5.74) is 4.87. The Bertz CT molecular complexity index is 938. The second-order valence-corrected chi connectivity index (χ2v) is 6.60. The van der Waals surface area contributed by atoms with Crippen molar-refractivity contribution in [1.82, 2.24) is 9.88 Å². The minimum absolute atomic E-state index is 0.246. The lowest BCUT2D eigenvalue weighted by Gasteiger charge is -2.30. The van der Waals surface area contributed by atoms with E-state index < -0.39 is 0 Å². The van der Waals surface area contributed by atoms with Crippen molar-refractivity contribution in [2.24, 2.45) is 0 Å². The summed E-state index contributed by atoms with van der Waals surface area (Å²) in [6.07, 6.45) is 0.847. The van der Waals surface area contributed by atoms with Gasteiger partial charge in [0.25, 0.3) is 0 Å². The number of carbonyl (C=O) groups excluding carboxylic acids is 1. The van der Waals surface area contributed by atoms with Crippen LogP contribution in [-0.2, 0) is 24.2 Å². The van der Waals surface area contributed by atoms with Crippen molar-refractivity contribution < 1.29 is 9.53 Å². The van der Waals surface area contributed by atoms with Crippen molar-refractivity contribution in [2.45, 2.75) is 26.4 Å². The highest BCUT2D eigenvalue weighted by Crippen LogP contribution is 2.29. The standard InChI is InChI=1S/C22H22N2O2/c1-2-26-22(25)21-17-10-6-7-11-19(17)23-20-12-13-24(15-18(20)21)14-16-8-4-3-5-9-16/h3-11H,2,12-15H2,1H3. The maximum absolute atomic E-state index is 12.7. The molecule has 1 aliphatic heterocycles. The Morgan fingerprint density at radius 1 is 1.12 bits per heavy atom. The van der Waals surface area contributed by atoms with Gasteiger partial charge in [-0.05, 0) is 18.6 Å². The van der Waals surface area contributed by atoms with E-state index in [1.54, 1.807) is 0 Å². The van der Waals surface area contributed by atoms with Crippen LogP contribution in [0.5, 0.6) is 0 Å². The van der Waals surface area contributed by atoms with Crippen molar-refractivity contribution in [2.75, 3.05) is 13.2 Å². The summed E-state index contributed by atoms with van der Waals surface area (Å²) < 4.78 is 5.37. The molecule has 0 saturated carbocycles. The highest BCUT2D eigenvalue weighted by atomic mass is 16.5. The van der Waals surface area contributed by atoms with Gasteiger partial charge in [0.05, 0.1) is 17.7 Å². The van der Waals surface area contributed by atoms with Crippen molar-refractivity contribution in [3.8, 4) is 0 Å². The van der Waals surface area contributed by atoms with Gasteiger partial charge in [-0.25, -0.2) is 4.79 Å². The van der Waals surface area contributed by atoms with Crippen LogP contribution in [0.25, 0.3) is 10.9 Å². The highest BCUT2D eigenvalue weighted by Gasteiger charge is 2.26. The van der Waals surface area contributed by atoms with E-state index in [4.69, 9.17) is 9.72 Å². The smallest absolute Gasteiger partial charge is 0.339 e. The van der Waals surface area contributed by atoms with Crippen LogP contribution in [0.3, 0.4) is 0 Å². The Balaban J connectivity index is 1.74. The van der Waals surface area contributed by atoms with Gasteiger partial charge in [0.1, 0.15) is 0 Å². The zero-order valence-electron chi connectivity index (χ0n) is 14.9. The molecular weight excluding hydrogens is 324 g/mol. The Morgan fingerprint density at radius 3 is 2.69 bits per heavy atom. The molecule has 0 bridgehead atoms. The molecule has 132 valence electrons. The van der Waals surface area contributed by atoms with E-state index in [1.807, 2.05) is 37.3 Å². The first kappa shape index (κ1) is 16.7. The van der Waals surface area contributed by atoms with Gasteiger partial charge in [-0.15, -0.1) is 0 Å². The predicted molar refractivity (Wildman–Crippen MR) is 102 cm³/mol. The Kier molecular flexibility index (Phi) is 4.67. The van der Waals surface area contributed by atoms with E-state index in [-0.39, 0.29) is 5.97 Å². The maximum Gasteiger partial charge on any atom is 0.339 e. The van der Waals surface area contributed by atoms with Gasteiger partial charge in [-0.2, -0.15) is 0 Å².